The lowest BCUT2D eigenvalue weighted by atomic mass is 10.1. The van der Waals surface area contributed by atoms with Gasteiger partial charge in [-0.05, 0) is 11.6 Å². The van der Waals surface area contributed by atoms with Crippen molar-refractivity contribution in [2.75, 3.05) is 0 Å². The van der Waals surface area contributed by atoms with Crippen LogP contribution < -0.4 is 11.1 Å². The first-order valence-electron chi connectivity index (χ1n) is 4.32. The Balaban J connectivity index is 2.21. The summed E-state index contributed by atoms with van der Waals surface area (Å²) in [5, 5.41) is 3.18. The van der Waals surface area contributed by atoms with Crippen LogP contribution in [0, 0.1) is 0 Å². The predicted octanol–water partition coefficient (Wildman–Crippen LogP) is 1.69. The molecule has 1 heterocycles. The van der Waals surface area contributed by atoms with Gasteiger partial charge in [-0.3, -0.25) is 0 Å². The Morgan fingerprint density at radius 2 is 1.92 bits per heavy atom. The zero-order valence-electron chi connectivity index (χ0n) is 7.27. The molecule has 0 saturated carbocycles. The second kappa shape index (κ2) is 3.35. The van der Waals surface area contributed by atoms with Crippen LogP contribution in [0.3, 0.4) is 0 Å². The van der Waals surface area contributed by atoms with Gasteiger partial charge in [0.25, 0.3) is 0 Å². The molecular weight excluding hydrogens is 160 g/mol. The average Bonchev–Trinajstić information content (AvgIpc) is 2.19. The van der Waals surface area contributed by atoms with Gasteiger partial charge in [0.05, 0.1) is 11.9 Å². The summed E-state index contributed by atoms with van der Waals surface area (Å²) < 4.78 is 0. The van der Waals surface area contributed by atoms with E-state index < -0.39 is 0 Å². The van der Waals surface area contributed by atoms with Crippen LogP contribution in [0.1, 0.15) is 11.6 Å². The van der Waals surface area contributed by atoms with E-state index in [0.717, 1.165) is 5.82 Å². The normalized spacial score (nSPS) is 20.6. The molecule has 13 heavy (non-hydrogen) atoms. The highest BCUT2D eigenvalue weighted by molar-refractivity contribution is 5.28. The van der Waals surface area contributed by atoms with E-state index in [-0.39, 0.29) is 6.04 Å². The van der Waals surface area contributed by atoms with Crippen molar-refractivity contribution in [3.05, 3.63) is 59.9 Å². The summed E-state index contributed by atoms with van der Waals surface area (Å²) in [7, 11) is 0. The van der Waals surface area contributed by atoms with Gasteiger partial charge in [0.2, 0.25) is 0 Å². The Labute approximate surface area is 77.8 Å². The molecule has 1 unspecified atom stereocenters. The van der Waals surface area contributed by atoms with Crippen molar-refractivity contribution >= 4 is 0 Å². The summed E-state index contributed by atoms with van der Waals surface area (Å²) in [5.41, 5.74) is 6.89. The smallest absolute Gasteiger partial charge is 0.0967 e. The number of dihydropyridines is 1. The van der Waals surface area contributed by atoms with Crippen LogP contribution in [0.2, 0.25) is 0 Å². The van der Waals surface area contributed by atoms with Crippen molar-refractivity contribution in [1.29, 1.82) is 0 Å². The molecule has 1 aromatic carbocycles. The molecule has 1 aliphatic rings. The number of nitrogens with two attached hydrogens (primary N) is 1. The van der Waals surface area contributed by atoms with Gasteiger partial charge in [-0.25, -0.2) is 0 Å². The molecule has 1 aromatic rings. The monoisotopic (exact) mass is 172 g/mol. The summed E-state index contributed by atoms with van der Waals surface area (Å²) >= 11 is 0. The van der Waals surface area contributed by atoms with Gasteiger partial charge >= 0.3 is 0 Å². The molecule has 2 heteroatoms. The summed E-state index contributed by atoms with van der Waals surface area (Å²) in [5.74, 6) is 0.719. The lowest BCUT2D eigenvalue weighted by molar-refractivity contribution is 0.696. The van der Waals surface area contributed by atoms with E-state index in [0.29, 0.717) is 0 Å². The molecular formula is C11H12N2. The van der Waals surface area contributed by atoms with Crippen LogP contribution in [0.4, 0.5) is 0 Å². The van der Waals surface area contributed by atoms with E-state index >= 15 is 0 Å². The zero-order valence-corrected chi connectivity index (χ0v) is 7.27. The molecule has 1 aliphatic heterocycles. The fourth-order valence-corrected chi connectivity index (χ4v) is 1.40. The van der Waals surface area contributed by atoms with Crippen LogP contribution >= 0.6 is 0 Å². The highest BCUT2D eigenvalue weighted by Gasteiger charge is 2.08. The van der Waals surface area contributed by atoms with Crippen LogP contribution in [-0.2, 0) is 0 Å². The predicted molar refractivity (Wildman–Crippen MR) is 53.7 cm³/mol. The SMILES string of the molecule is NC1=CC=CC(c2ccccc2)N1. The fourth-order valence-electron chi connectivity index (χ4n) is 1.40. The first-order chi connectivity index (χ1) is 6.36. The highest BCUT2D eigenvalue weighted by atomic mass is 15.0. The van der Waals surface area contributed by atoms with E-state index in [1.54, 1.807) is 0 Å². The van der Waals surface area contributed by atoms with E-state index in [1.165, 1.54) is 5.56 Å². The van der Waals surface area contributed by atoms with Gasteiger partial charge in [-0.2, -0.15) is 0 Å². The fraction of sp³-hybridized carbons (Fsp3) is 0.0909. The second-order valence-corrected chi connectivity index (χ2v) is 3.04. The molecule has 0 spiro atoms. The molecule has 2 rings (SSSR count). The van der Waals surface area contributed by atoms with Gasteiger partial charge < -0.3 is 11.1 Å². The number of benzene rings is 1. The Morgan fingerprint density at radius 1 is 1.15 bits per heavy atom. The molecule has 3 N–H and O–H groups in total. The molecule has 2 nitrogen and oxygen atoms in total. The number of rotatable bonds is 1. The van der Waals surface area contributed by atoms with E-state index in [1.807, 2.05) is 30.4 Å². The standard InChI is InChI=1S/C11H12N2/c12-11-8-4-7-10(13-11)9-5-2-1-3-6-9/h1-8,10,13H,12H2. The van der Waals surface area contributed by atoms with E-state index in [9.17, 15) is 0 Å². The zero-order chi connectivity index (χ0) is 9.10. The third kappa shape index (κ3) is 1.72. The maximum atomic E-state index is 5.66. The van der Waals surface area contributed by atoms with Gasteiger partial charge in [0, 0.05) is 0 Å². The summed E-state index contributed by atoms with van der Waals surface area (Å²) in [4.78, 5) is 0. The molecule has 0 amide bonds. The molecule has 66 valence electrons. The second-order valence-electron chi connectivity index (χ2n) is 3.04. The number of nitrogens with one attached hydrogen (secondary N) is 1. The van der Waals surface area contributed by atoms with Crippen LogP contribution in [0.15, 0.2) is 54.4 Å². The largest absolute Gasteiger partial charge is 0.386 e. The van der Waals surface area contributed by atoms with Crippen molar-refractivity contribution in [3.63, 3.8) is 0 Å². The van der Waals surface area contributed by atoms with Crippen LogP contribution in [0.25, 0.3) is 0 Å². The van der Waals surface area contributed by atoms with Gasteiger partial charge in [-0.15, -0.1) is 0 Å². The van der Waals surface area contributed by atoms with Gasteiger partial charge in [-0.1, -0.05) is 42.5 Å². The lowest BCUT2D eigenvalue weighted by Gasteiger charge is -2.19. The van der Waals surface area contributed by atoms with E-state index in [2.05, 4.69) is 23.5 Å². The lowest BCUT2D eigenvalue weighted by Crippen LogP contribution is -2.25. The Hall–Kier alpha value is -1.70. The molecule has 0 fully saturated rings. The summed E-state index contributed by atoms with van der Waals surface area (Å²) in [6.07, 6.45) is 5.93. The van der Waals surface area contributed by atoms with Crippen molar-refractivity contribution in [1.82, 2.24) is 5.32 Å². The van der Waals surface area contributed by atoms with E-state index in [4.69, 9.17) is 5.73 Å². The third-order valence-corrected chi connectivity index (χ3v) is 2.06. The van der Waals surface area contributed by atoms with Crippen molar-refractivity contribution in [3.8, 4) is 0 Å². The van der Waals surface area contributed by atoms with Crippen molar-refractivity contribution in [2.24, 2.45) is 5.73 Å². The summed E-state index contributed by atoms with van der Waals surface area (Å²) in [6, 6.07) is 10.4. The molecule has 0 saturated heterocycles. The topological polar surface area (TPSA) is 38.0 Å². The average molecular weight is 172 g/mol. The number of allylic oxidation sites excluding steroid dienone is 2. The van der Waals surface area contributed by atoms with Crippen LogP contribution in [0.5, 0.6) is 0 Å². The maximum absolute atomic E-state index is 5.66. The highest BCUT2D eigenvalue weighted by Crippen LogP contribution is 2.16. The van der Waals surface area contributed by atoms with Crippen molar-refractivity contribution < 1.29 is 0 Å². The Bertz CT molecular complexity index is 338. The molecule has 0 bridgehead atoms. The third-order valence-electron chi connectivity index (χ3n) is 2.06. The number of hydrogen-bond acceptors (Lipinski definition) is 2. The minimum absolute atomic E-state index is 0.214. The Kier molecular flexibility index (Phi) is 2.04. The molecule has 1 atom stereocenters. The van der Waals surface area contributed by atoms with Crippen molar-refractivity contribution in [2.45, 2.75) is 6.04 Å². The first kappa shape index (κ1) is 7.92. The van der Waals surface area contributed by atoms with Gasteiger partial charge in [0.1, 0.15) is 0 Å². The quantitative estimate of drug-likeness (QED) is 0.676. The molecule has 0 aliphatic carbocycles. The minimum atomic E-state index is 0.214. The molecule has 0 radical (unpaired) electrons. The van der Waals surface area contributed by atoms with Crippen LogP contribution in [-0.4, -0.2) is 0 Å². The molecule has 0 aromatic heterocycles. The minimum Gasteiger partial charge on any atom is -0.386 e. The maximum Gasteiger partial charge on any atom is 0.0967 e. The van der Waals surface area contributed by atoms with Gasteiger partial charge in [0.15, 0.2) is 0 Å². The first-order valence-corrected chi connectivity index (χ1v) is 4.32. The summed E-state index contributed by atoms with van der Waals surface area (Å²) in [6.45, 7) is 0. The Morgan fingerprint density at radius 3 is 2.62 bits per heavy atom. The number of hydrogen-bond donors (Lipinski definition) is 2.